The zero-order valence-electron chi connectivity index (χ0n) is 14.0. The molecule has 0 bridgehead atoms. The first-order chi connectivity index (χ1) is 11.7. The lowest BCUT2D eigenvalue weighted by molar-refractivity contribution is -0.120. The number of carbonyl (C=O) groups is 1. The van der Waals surface area contributed by atoms with Gasteiger partial charge in [-0.2, -0.15) is 5.10 Å². The van der Waals surface area contributed by atoms with Crippen LogP contribution in [0.3, 0.4) is 0 Å². The number of ether oxygens (including phenoxy) is 1. The van der Waals surface area contributed by atoms with E-state index in [1.807, 2.05) is 43.3 Å². The molecule has 1 aliphatic heterocycles. The summed E-state index contributed by atoms with van der Waals surface area (Å²) in [6.45, 7) is 3.46. The molecule has 1 amide bonds. The van der Waals surface area contributed by atoms with E-state index in [9.17, 15) is 4.79 Å². The number of hydrogen-bond donors (Lipinski definition) is 1. The maximum absolute atomic E-state index is 12.6. The molecule has 126 valence electrons. The highest BCUT2D eigenvalue weighted by Crippen LogP contribution is 2.26. The average molecular weight is 326 g/mol. The van der Waals surface area contributed by atoms with E-state index >= 15 is 0 Å². The number of piperidine rings is 1. The number of nitrogens with zero attached hydrogens (tertiary/aromatic N) is 3. The Labute approximate surface area is 141 Å². The smallest absolute Gasteiger partial charge is 0.229 e. The van der Waals surface area contributed by atoms with Gasteiger partial charge in [-0.05, 0) is 44.0 Å². The fraction of sp³-hybridized carbons (Fsp3) is 0.389. The van der Waals surface area contributed by atoms with Gasteiger partial charge >= 0.3 is 0 Å². The Kier molecular flexibility index (Phi) is 4.93. The van der Waals surface area contributed by atoms with Crippen molar-refractivity contribution in [3.8, 4) is 5.75 Å². The van der Waals surface area contributed by atoms with Crippen LogP contribution in [0.25, 0.3) is 0 Å². The van der Waals surface area contributed by atoms with Gasteiger partial charge in [-0.25, -0.2) is 0 Å². The van der Waals surface area contributed by atoms with Gasteiger partial charge in [0.25, 0.3) is 0 Å². The lowest BCUT2D eigenvalue weighted by Crippen LogP contribution is -2.41. The summed E-state index contributed by atoms with van der Waals surface area (Å²) >= 11 is 0. The van der Waals surface area contributed by atoms with Crippen LogP contribution >= 0.6 is 0 Å². The normalized spacial score (nSPS) is 17.4. The van der Waals surface area contributed by atoms with Crippen molar-refractivity contribution in [2.45, 2.75) is 19.8 Å². The zero-order chi connectivity index (χ0) is 16.9. The lowest BCUT2D eigenvalue weighted by atomic mass is 9.97. The first-order valence-electron chi connectivity index (χ1n) is 8.16. The number of rotatable bonds is 4. The van der Waals surface area contributed by atoms with Crippen LogP contribution < -0.4 is 15.0 Å². The number of benzene rings is 1. The summed E-state index contributed by atoms with van der Waals surface area (Å²) in [6.07, 6.45) is 1.83. The number of amides is 1. The van der Waals surface area contributed by atoms with Crippen molar-refractivity contribution in [2.75, 3.05) is 30.4 Å². The van der Waals surface area contributed by atoms with E-state index in [4.69, 9.17) is 4.74 Å². The molecule has 2 aromatic rings. The van der Waals surface area contributed by atoms with Gasteiger partial charge in [-0.3, -0.25) is 4.79 Å². The Morgan fingerprint density at radius 2 is 2.08 bits per heavy atom. The van der Waals surface area contributed by atoms with Crippen molar-refractivity contribution in [3.63, 3.8) is 0 Å². The van der Waals surface area contributed by atoms with E-state index in [-0.39, 0.29) is 11.8 Å². The minimum atomic E-state index is -0.0771. The average Bonchev–Trinajstić information content (AvgIpc) is 2.63. The van der Waals surface area contributed by atoms with Gasteiger partial charge in [0.2, 0.25) is 5.91 Å². The highest BCUT2D eigenvalue weighted by molar-refractivity contribution is 5.94. The third-order valence-corrected chi connectivity index (χ3v) is 4.26. The van der Waals surface area contributed by atoms with E-state index in [1.165, 1.54) is 0 Å². The van der Waals surface area contributed by atoms with Crippen molar-refractivity contribution < 1.29 is 9.53 Å². The van der Waals surface area contributed by atoms with Gasteiger partial charge < -0.3 is 15.0 Å². The third-order valence-electron chi connectivity index (χ3n) is 4.26. The monoisotopic (exact) mass is 326 g/mol. The number of nitrogens with one attached hydrogen (secondary N) is 1. The summed E-state index contributed by atoms with van der Waals surface area (Å²) in [6, 6.07) is 11.4. The highest BCUT2D eigenvalue weighted by atomic mass is 16.5. The second-order valence-corrected chi connectivity index (χ2v) is 6.01. The first-order valence-corrected chi connectivity index (χ1v) is 8.16. The predicted molar refractivity (Wildman–Crippen MR) is 93.3 cm³/mol. The SMILES string of the molecule is COc1ccccc1NC(=O)C1CCCN(c2ccc(C)nn2)C1. The Morgan fingerprint density at radius 1 is 1.25 bits per heavy atom. The van der Waals surface area contributed by atoms with Crippen LogP contribution in [0, 0.1) is 12.8 Å². The van der Waals surface area contributed by atoms with E-state index in [1.54, 1.807) is 7.11 Å². The molecule has 2 heterocycles. The van der Waals surface area contributed by atoms with Crippen LogP contribution in [0.4, 0.5) is 11.5 Å². The minimum Gasteiger partial charge on any atom is -0.495 e. The highest BCUT2D eigenvalue weighted by Gasteiger charge is 2.27. The van der Waals surface area contributed by atoms with Crippen LogP contribution in [0.1, 0.15) is 18.5 Å². The van der Waals surface area contributed by atoms with Crippen molar-refractivity contribution in [1.29, 1.82) is 0 Å². The van der Waals surface area contributed by atoms with Crippen molar-refractivity contribution in [3.05, 3.63) is 42.1 Å². The minimum absolute atomic E-state index is 0.0178. The summed E-state index contributed by atoms with van der Waals surface area (Å²) in [7, 11) is 1.60. The Bertz CT molecular complexity index is 702. The Morgan fingerprint density at radius 3 is 2.83 bits per heavy atom. The number of aryl methyl sites for hydroxylation is 1. The fourth-order valence-electron chi connectivity index (χ4n) is 2.94. The number of methoxy groups -OCH3 is 1. The van der Waals surface area contributed by atoms with E-state index in [0.29, 0.717) is 18.0 Å². The maximum Gasteiger partial charge on any atom is 0.229 e. The van der Waals surface area contributed by atoms with Gasteiger partial charge in [0.05, 0.1) is 24.4 Å². The number of carbonyl (C=O) groups excluding carboxylic acids is 1. The molecule has 0 saturated carbocycles. The fourth-order valence-corrected chi connectivity index (χ4v) is 2.94. The maximum atomic E-state index is 12.6. The van der Waals surface area contributed by atoms with E-state index in [0.717, 1.165) is 30.9 Å². The molecule has 1 saturated heterocycles. The van der Waals surface area contributed by atoms with Crippen LogP contribution in [0.15, 0.2) is 36.4 Å². The van der Waals surface area contributed by atoms with Crippen LogP contribution in [-0.4, -0.2) is 36.3 Å². The molecule has 6 heteroatoms. The molecule has 1 aromatic carbocycles. The number of hydrogen-bond acceptors (Lipinski definition) is 5. The second-order valence-electron chi connectivity index (χ2n) is 6.01. The largest absolute Gasteiger partial charge is 0.495 e. The van der Waals surface area contributed by atoms with Gasteiger partial charge in [0.1, 0.15) is 5.75 Å². The van der Waals surface area contributed by atoms with Gasteiger partial charge in [-0.15, -0.1) is 5.10 Å². The zero-order valence-corrected chi connectivity index (χ0v) is 14.0. The van der Waals surface area contributed by atoms with Crippen LogP contribution in [0.2, 0.25) is 0 Å². The molecule has 0 radical (unpaired) electrons. The van der Waals surface area contributed by atoms with Crippen LogP contribution in [0.5, 0.6) is 5.75 Å². The van der Waals surface area contributed by atoms with Crippen molar-refractivity contribution in [2.24, 2.45) is 5.92 Å². The van der Waals surface area contributed by atoms with Gasteiger partial charge in [0, 0.05) is 13.1 Å². The predicted octanol–water partition coefficient (Wildman–Crippen LogP) is 2.65. The Hall–Kier alpha value is -2.63. The molecule has 0 aliphatic carbocycles. The topological polar surface area (TPSA) is 67.3 Å². The quantitative estimate of drug-likeness (QED) is 0.935. The molecule has 24 heavy (non-hydrogen) atoms. The van der Waals surface area contributed by atoms with Gasteiger partial charge in [-0.1, -0.05) is 12.1 Å². The molecule has 1 aliphatic rings. The molecule has 3 rings (SSSR count). The second kappa shape index (κ2) is 7.29. The van der Waals surface area contributed by atoms with Gasteiger partial charge in [0.15, 0.2) is 5.82 Å². The number of anilines is 2. The summed E-state index contributed by atoms with van der Waals surface area (Å²) in [5.74, 6) is 1.44. The summed E-state index contributed by atoms with van der Waals surface area (Å²) in [5.41, 5.74) is 1.60. The van der Waals surface area contributed by atoms with Crippen LogP contribution in [-0.2, 0) is 4.79 Å². The number of para-hydroxylation sites is 2. The molecule has 1 N–H and O–H groups in total. The lowest BCUT2D eigenvalue weighted by Gasteiger charge is -2.32. The van der Waals surface area contributed by atoms with Crippen molar-refractivity contribution >= 4 is 17.4 Å². The first kappa shape index (κ1) is 16.2. The molecule has 0 spiro atoms. The molecule has 1 aromatic heterocycles. The molecular formula is C18H22N4O2. The van der Waals surface area contributed by atoms with Crippen molar-refractivity contribution in [1.82, 2.24) is 10.2 Å². The molecule has 1 unspecified atom stereocenters. The van der Waals surface area contributed by atoms with E-state index < -0.39 is 0 Å². The van der Waals surface area contributed by atoms with E-state index in [2.05, 4.69) is 20.4 Å². The molecule has 1 fully saturated rings. The summed E-state index contributed by atoms with van der Waals surface area (Å²) in [4.78, 5) is 14.8. The molecule has 1 atom stereocenters. The number of aromatic nitrogens is 2. The standard InChI is InChI=1S/C18H22N4O2/c1-13-9-10-17(21-20-13)22-11-5-6-14(12-22)18(23)19-15-7-3-4-8-16(15)24-2/h3-4,7-10,14H,5-6,11-12H2,1-2H3,(H,19,23). The summed E-state index contributed by atoms with van der Waals surface area (Å²) in [5, 5.41) is 11.3. The molecular weight excluding hydrogens is 304 g/mol. The molecule has 6 nitrogen and oxygen atoms in total. The third kappa shape index (κ3) is 3.64. The Balaban J connectivity index is 1.68. The summed E-state index contributed by atoms with van der Waals surface area (Å²) < 4.78 is 5.29.